The number of benzene rings is 1. The molecule has 2 aliphatic heterocycles. The standard InChI is InChI=1S/C27H17Cl2F5N2O8/c1-43-25(42)36-21(38)10-4-3-9-11(13(10)22(36)39)6-26(28)23(40)35(20-18(33)16(31)15(30)17(32)19(20)34)24(41)27(26,29)14(9)12-5-2-8(7-37)44-12/h2-3,5,10-11,13-14,37H,4,6-7H2,1H3. The number of nitrogens with zero attached hydrogens (tertiary/aromatic N) is 2. The summed E-state index contributed by atoms with van der Waals surface area (Å²) in [6, 6.07) is 2.52. The van der Waals surface area contributed by atoms with Gasteiger partial charge in [0, 0.05) is 0 Å². The maximum absolute atomic E-state index is 15.0. The summed E-state index contributed by atoms with van der Waals surface area (Å²) in [4.78, 5) is 61.3. The van der Waals surface area contributed by atoms with Crippen molar-refractivity contribution in [3.63, 3.8) is 0 Å². The lowest BCUT2D eigenvalue weighted by atomic mass is 9.57. The predicted molar refractivity (Wildman–Crippen MR) is 135 cm³/mol. The van der Waals surface area contributed by atoms with Gasteiger partial charge in [0.05, 0.1) is 24.9 Å². The monoisotopic (exact) mass is 662 g/mol. The molecule has 1 aromatic carbocycles. The third kappa shape index (κ3) is 3.54. The molecule has 1 aromatic heterocycles. The van der Waals surface area contributed by atoms with Crippen LogP contribution in [0.15, 0.2) is 28.2 Å². The fourth-order valence-electron chi connectivity index (χ4n) is 6.78. The van der Waals surface area contributed by atoms with Crippen LogP contribution < -0.4 is 4.90 Å². The van der Waals surface area contributed by atoms with E-state index in [1.165, 1.54) is 18.2 Å². The van der Waals surface area contributed by atoms with Crippen molar-refractivity contribution in [2.75, 3.05) is 12.0 Å². The first-order valence-electron chi connectivity index (χ1n) is 12.8. The third-order valence-electron chi connectivity index (χ3n) is 8.70. The van der Waals surface area contributed by atoms with Crippen molar-refractivity contribution < 1.29 is 60.2 Å². The van der Waals surface area contributed by atoms with Gasteiger partial charge in [0.15, 0.2) is 33.0 Å². The number of ether oxygens (including phenoxy) is 1. The molecule has 6 atom stereocenters. The normalized spacial score (nSPS) is 31.2. The molecule has 3 fully saturated rings. The van der Waals surface area contributed by atoms with Crippen molar-refractivity contribution in [2.24, 2.45) is 17.8 Å². The van der Waals surface area contributed by atoms with Gasteiger partial charge in [-0.15, -0.1) is 23.2 Å². The molecule has 6 unspecified atom stereocenters. The van der Waals surface area contributed by atoms with E-state index in [1.54, 1.807) is 0 Å². The van der Waals surface area contributed by atoms with Gasteiger partial charge in [-0.3, -0.25) is 19.2 Å². The zero-order valence-electron chi connectivity index (χ0n) is 22.0. The number of imide groups is 4. The number of halogens is 7. The second-order valence-electron chi connectivity index (χ2n) is 10.6. The lowest BCUT2D eigenvalue weighted by Gasteiger charge is -2.49. The maximum atomic E-state index is 15.0. The molecule has 3 heterocycles. The van der Waals surface area contributed by atoms with Gasteiger partial charge >= 0.3 is 6.09 Å². The number of aliphatic hydroxyl groups excluding tert-OH is 1. The smallest absolute Gasteiger partial charge is 0.423 e. The predicted octanol–water partition coefficient (Wildman–Crippen LogP) is 3.80. The minimum Gasteiger partial charge on any atom is -0.463 e. The summed E-state index contributed by atoms with van der Waals surface area (Å²) in [6.07, 6.45) is -0.786. The minimum absolute atomic E-state index is 0.0609. The van der Waals surface area contributed by atoms with Crippen molar-refractivity contribution in [1.82, 2.24) is 4.90 Å². The van der Waals surface area contributed by atoms with Crippen LogP contribution in [0.1, 0.15) is 30.3 Å². The number of carbonyl (C=O) groups is 5. The molecule has 0 radical (unpaired) electrons. The van der Waals surface area contributed by atoms with E-state index in [-0.39, 0.29) is 33.3 Å². The minimum atomic E-state index is -2.76. The SMILES string of the molecule is COC(=O)N1C(=O)C2CC=C3C(CC4(Cl)C(=O)N(c5c(F)c(F)c(F)c(F)c5F)C(=O)C4(Cl)C3c3ccc(CO)o3)C2C1=O. The van der Waals surface area contributed by atoms with Crippen LogP contribution in [0, 0.1) is 46.8 Å². The van der Waals surface area contributed by atoms with E-state index in [0.717, 1.165) is 7.11 Å². The first-order chi connectivity index (χ1) is 20.7. The molecule has 2 aromatic rings. The second kappa shape index (κ2) is 9.84. The van der Waals surface area contributed by atoms with Gasteiger partial charge < -0.3 is 14.3 Å². The number of methoxy groups -OCH3 is 1. The number of fused-ring (bicyclic) bond motifs is 4. The quantitative estimate of drug-likeness (QED) is 0.131. The largest absolute Gasteiger partial charge is 0.463 e. The number of rotatable bonds is 3. The Hall–Kier alpha value is -3.82. The number of amides is 5. The van der Waals surface area contributed by atoms with Gasteiger partial charge in [0.1, 0.15) is 23.8 Å². The molecular formula is C27H17Cl2F5N2O8. The van der Waals surface area contributed by atoms with E-state index >= 15 is 0 Å². The summed E-state index contributed by atoms with van der Waals surface area (Å²) in [6.45, 7) is -0.647. The topological polar surface area (TPSA) is 134 Å². The maximum Gasteiger partial charge on any atom is 0.423 e. The molecule has 17 heteroatoms. The van der Waals surface area contributed by atoms with Gasteiger partial charge in [-0.05, 0) is 30.9 Å². The molecular weight excluding hydrogens is 646 g/mol. The average molecular weight is 663 g/mol. The molecule has 2 aliphatic carbocycles. The van der Waals surface area contributed by atoms with Crippen LogP contribution in [0.3, 0.4) is 0 Å². The zero-order valence-corrected chi connectivity index (χ0v) is 23.5. The zero-order chi connectivity index (χ0) is 32.2. The van der Waals surface area contributed by atoms with Gasteiger partial charge in [0.25, 0.3) is 11.8 Å². The fraction of sp³-hybridized carbons (Fsp3) is 0.370. The molecule has 0 spiro atoms. The third-order valence-corrected chi connectivity index (χ3v) is 10.1. The van der Waals surface area contributed by atoms with Crippen LogP contribution in [0.4, 0.5) is 32.4 Å². The van der Waals surface area contributed by atoms with Crippen LogP contribution in [0.2, 0.25) is 0 Å². The van der Waals surface area contributed by atoms with E-state index in [1.807, 2.05) is 0 Å². The van der Waals surface area contributed by atoms with E-state index in [9.17, 15) is 51.0 Å². The Bertz CT molecular complexity index is 1720. The Morgan fingerprint density at radius 3 is 2.16 bits per heavy atom. The molecule has 1 saturated carbocycles. The highest BCUT2D eigenvalue weighted by Crippen LogP contribution is 2.66. The van der Waals surface area contributed by atoms with E-state index in [4.69, 9.17) is 27.6 Å². The van der Waals surface area contributed by atoms with Crippen LogP contribution in [-0.4, -0.2) is 56.6 Å². The molecule has 6 rings (SSSR count). The number of aliphatic hydroxyl groups is 1. The summed E-state index contributed by atoms with van der Waals surface area (Å²) in [5.74, 6) is -23.4. The number of hydrogen-bond acceptors (Lipinski definition) is 8. The molecule has 5 amide bonds. The Kier molecular flexibility index (Phi) is 6.76. The lowest BCUT2D eigenvalue weighted by molar-refractivity contribution is -0.138. The van der Waals surface area contributed by atoms with Gasteiger partial charge in [-0.2, -0.15) is 4.90 Å². The first kappa shape index (κ1) is 30.2. The Balaban J connectivity index is 1.58. The summed E-state index contributed by atoms with van der Waals surface area (Å²) in [5, 5.41) is 9.58. The Labute approximate surface area is 252 Å². The van der Waals surface area contributed by atoms with Crippen LogP contribution in [-0.2, 0) is 30.5 Å². The van der Waals surface area contributed by atoms with Crippen LogP contribution in [0.25, 0.3) is 0 Å². The van der Waals surface area contributed by atoms with Crippen molar-refractivity contribution >= 4 is 58.6 Å². The van der Waals surface area contributed by atoms with Crippen molar-refractivity contribution in [3.8, 4) is 0 Å². The fourth-order valence-corrected chi connectivity index (χ4v) is 7.70. The van der Waals surface area contributed by atoms with E-state index in [0.29, 0.717) is 0 Å². The number of hydrogen-bond donors (Lipinski definition) is 1. The van der Waals surface area contributed by atoms with Crippen molar-refractivity contribution in [1.29, 1.82) is 0 Å². The number of alkyl halides is 2. The second-order valence-corrected chi connectivity index (χ2v) is 11.9. The molecule has 232 valence electrons. The van der Waals surface area contributed by atoms with Gasteiger partial charge in [-0.25, -0.2) is 31.6 Å². The van der Waals surface area contributed by atoms with Crippen LogP contribution in [0.5, 0.6) is 0 Å². The number of allylic oxidation sites excluding steroid dienone is 2. The number of likely N-dealkylation sites (tertiary alicyclic amines) is 1. The van der Waals surface area contributed by atoms with Crippen molar-refractivity contribution in [3.05, 3.63) is 64.4 Å². The van der Waals surface area contributed by atoms with E-state index < -0.39 is 111 Å². The summed E-state index contributed by atoms with van der Waals surface area (Å²) in [7, 11) is 0.938. The van der Waals surface area contributed by atoms with Gasteiger partial charge in [-0.1, -0.05) is 11.6 Å². The number of furan rings is 1. The lowest BCUT2D eigenvalue weighted by Crippen LogP contribution is -2.60. The average Bonchev–Trinajstić information content (AvgIpc) is 3.62. The Morgan fingerprint density at radius 2 is 1.59 bits per heavy atom. The highest BCUT2D eigenvalue weighted by Gasteiger charge is 2.77. The number of anilines is 1. The highest BCUT2D eigenvalue weighted by atomic mass is 35.5. The first-order valence-corrected chi connectivity index (χ1v) is 13.6. The van der Waals surface area contributed by atoms with Crippen molar-refractivity contribution in [2.45, 2.75) is 35.1 Å². The molecule has 4 aliphatic rings. The molecule has 0 bridgehead atoms. The summed E-state index contributed by atoms with van der Waals surface area (Å²) >= 11 is 13.8. The van der Waals surface area contributed by atoms with Gasteiger partial charge in [0.2, 0.25) is 17.6 Å². The summed E-state index contributed by atoms with van der Waals surface area (Å²) < 4.78 is 82.4. The molecule has 44 heavy (non-hydrogen) atoms. The molecule has 10 nitrogen and oxygen atoms in total. The van der Waals surface area contributed by atoms with Crippen LogP contribution >= 0.6 is 23.2 Å². The number of carbonyl (C=O) groups excluding carboxylic acids is 5. The highest BCUT2D eigenvalue weighted by molar-refractivity contribution is 6.58. The molecule has 1 N–H and O–H groups in total. The van der Waals surface area contributed by atoms with E-state index in [2.05, 4.69) is 4.74 Å². The Morgan fingerprint density at radius 1 is 0.977 bits per heavy atom. The summed E-state index contributed by atoms with van der Waals surface area (Å²) in [5.41, 5.74) is -1.80. The molecule has 2 saturated heterocycles.